The number of fused-ring (bicyclic) bond motifs is 1. The Bertz CT molecular complexity index is 751. The van der Waals surface area contributed by atoms with Gasteiger partial charge in [-0.2, -0.15) is 0 Å². The number of unbranched alkanes of at least 4 members (excludes halogenated alkanes) is 1. The first kappa shape index (κ1) is 17.8. The van der Waals surface area contributed by atoms with E-state index in [9.17, 15) is 4.79 Å². The second kappa shape index (κ2) is 7.56. The molecule has 0 aliphatic carbocycles. The molecule has 2 aliphatic rings. The molecule has 2 fully saturated rings. The van der Waals surface area contributed by atoms with Crippen molar-refractivity contribution >= 4 is 25.3 Å². The van der Waals surface area contributed by atoms with E-state index in [4.69, 9.17) is 4.74 Å². The summed E-state index contributed by atoms with van der Waals surface area (Å²) in [7, 11) is 0. The first-order valence-corrected chi connectivity index (χ1v) is 11.3. The van der Waals surface area contributed by atoms with Gasteiger partial charge in [0.1, 0.15) is 0 Å². The van der Waals surface area contributed by atoms with Gasteiger partial charge in [-0.3, -0.25) is 0 Å². The fraction of sp³-hybridized carbons (Fsp3) is 0.409. The molecule has 0 bridgehead atoms. The van der Waals surface area contributed by atoms with E-state index < -0.39 is 5.72 Å². The molecule has 0 aromatic heterocycles. The van der Waals surface area contributed by atoms with E-state index >= 15 is 0 Å². The molecule has 1 amide bonds. The van der Waals surface area contributed by atoms with E-state index in [-0.39, 0.29) is 31.7 Å². The molecule has 2 aromatic rings. The Kier molecular flexibility index (Phi) is 5.17. The second-order valence-electron chi connectivity index (χ2n) is 7.12. The number of hydrogen-bond acceptors (Lipinski definition) is 2. The van der Waals surface area contributed by atoms with Crippen molar-refractivity contribution in [2.45, 2.75) is 49.2 Å². The molecule has 136 valence electrons. The fourth-order valence-corrected chi connectivity index (χ4v) is 6.65. The van der Waals surface area contributed by atoms with Gasteiger partial charge in [-0.1, -0.05) is 0 Å². The Morgan fingerprint density at radius 2 is 1.81 bits per heavy atom. The van der Waals surface area contributed by atoms with Crippen LogP contribution in [0.25, 0.3) is 0 Å². The quantitative estimate of drug-likeness (QED) is 0.675. The zero-order valence-electron chi connectivity index (χ0n) is 15.1. The molecule has 0 N–H and O–H groups in total. The van der Waals surface area contributed by atoms with Gasteiger partial charge in [0.05, 0.1) is 0 Å². The molecule has 0 spiro atoms. The van der Waals surface area contributed by atoms with Crippen LogP contribution in [0.5, 0.6) is 0 Å². The van der Waals surface area contributed by atoms with E-state index in [2.05, 4.69) is 48.2 Å². The van der Waals surface area contributed by atoms with Gasteiger partial charge in [-0.15, -0.1) is 0 Å². The van der Waals surface area contributed by atoms with Gasteiger partial charge in [0, 0.05) is 0 Å². The summed E-state index contributed by atoms with van der Waals surface area (Å²) in [6.45, 7) is 2.82. The first-order valence-electron chi connectivity index (χ1n) is 9.47. The summed E-state index contributed by atoms with van der Waals surface area (Å²) in [6, 6.07) is 20.9. The van der Waals surface area contributed by atoms with Crippen LogP contribution in [0, 0.1) is 0 Å². The van der Waals surface area contributed by atoms with Crippen LogP contribution in [0.4, 0.5) is 0 Å². The summed E-state index contributed by atoms with van der Waals surface area (Å²) >= 11 is 0.145. The number of hydrogen-bond donors (Lipinski definition) is 0. The molecule has 2 aromatic carbocycles. The molecule has 2 saturated heterocycles. The van der Waals surface area contributed by atoms with Crippen LogP contribution in [-0.2, 0) is 9.53 Å². The average Bonchev–Trinajstić information content (AvgIpc) is 3.17. The van der Waals surface area contributed by atoms with E-state index in [0.29, 0.717) is 6.61 Å². The van der Waals surface area contributed by atoms with Gasteiger partial charge in [0.15, 0.2) is 0 Å². The van der Waals surface area contributed by atoms with Crippen LogP contribution in [0.3, 0.4) is 0 Å². The van der Waals surface area contributed by atoms with Gasteiger partial charge in [-0.05, 0) is 0 Å². The zero-order valence-corrected chi connectivity index (χ0v) is 16.8. The minimum atomic E-state index is -0.394. The Hall–Kier alpha value is -1.61. The summed E-state index contributed by atoms with van der Waals surface area (Å²) in [5.74, 6) is 0.288. The summed E-state index contributed by atoms with van der Waals surface area (Å²) < 4.78 is 7.68. The van der Waals surface area contributed by atoms with E-state index in [0.717, 1.165) is 25.7 Å². The van der Waals surface area contributed by atoms with Crippen LogP contribution in [0.15, 0.2) is 60.7 Å². The minimum absolute atomic E-state index is 0.0529. The number of rotatable bonds is 6. The summed E-state index contributed by atoms with van der Waals surface area (Å²) in [6.07, 6.45) is 4.00. The molecule has 4 rings (SSSR count). The average molecular weight is 414 g/mol. The molecule has 26 heavy (non-hydrogen) atoms. The molecule has 0 saturated carbocycles. The third kappa shape index (κ3) is 3.22. The van der Waals surface area contributed by atoms with Crippen molar-refractivity contribution in [3.05, 3.63) is 66.2 Å². The molecular formula is C22H25NO2Se. The molecule has 2 aliphatic heterocycles. The molecule has 3 nitrogen and oxygen atoms in total. The Morgan fingerprint density at radius 3 is 2.50 bits per heavy atom. The molecule has 0 radical (unpaired) electrons. The fourth-order valence-electron chi connectivity index (χ4n) is 4.13. The van der Waals surface area contributed by atoms with Crippen LogP contribution < -0.4 is 4.46 Å². The van der Waals surface area contributed by atoms with Crippen LogP contribution in [0.1, 0.15) is 44.2 Å². The zero-order chi connectivity index (χ0) is 18.0. The summed E-state index contributed by atoms with van der Waals surface area (Å²) in [5, 5.41) is 0. The van der Waals surface area contributed by atoms with E-state index in [1.165, 1.54) is 10.0 Å². The van der Waals surface area contributed by atoms with Gasteiger partial charge in [0.25, 0.3) is 0 Å². The van der Waals surface area contributed by atoms with Crippen molar-refractivity contribution in [3.63, 3.8) is 0 Å². The number of benzene rings is 2. The van der Waals surface area contributed by atoms with Crippen molar-refractivity contribution in [3.8, 4) is 0 Å². The maximum absolute atomic E-state index is 13.4. The maximum atomic E-state index is 13.4. The third-order valence-corrected chi connectivity index (χ3v) is 7.92. The second-order valence-corrected chi connectivity index (χ2v) is 9.80. The van der Waals surface area contributed by atoms with Crippen LogP contribution >= 0.6 is 0 Å². The topological polar surface area (TPSA) is 29.5 Å². The molecule has 4 heteroatoms. The van der Waals surface area contributed by atoms with Crippen molar-refractivity contribution in [1.29, 1.82) is 0 Å². The van der Waals surface area contributed by atoms with Crippen LogP contribution in [-0.4, -0.2) is 38.1 Å². The molecule has 1 unspecified atom stereocenters. The number of ether oxygens (including phenoxy) is 1. The van der Waals surface area contributed by atoms with Crippen LogP contribution in [0.2, 0.25) is 4.82 Å². The number of carbonyl (C=O) groups excluding carboxylic acids is 1. The Labute approximate surface area is 161 Å². The first-order chi connectivity index (χ1) is 12.7. The standard InChI is InChI=1S/C22H25NO2Se/c1-2-3-14-22-15-20(26-18-12-8-5-9-13-18)21(24)23(22)19(16-25-22)17-10-6-4-7-11-17/h4-13,19-20H,2-3,14-16H2,1H3/t19-,20?,22-/m1/s1. The Balaban J connectivity index is 1.62. The van der Waals surface area contributed by atoms with Crippen molar-refractivity contribution in [2.75, 3.05) is 6.61 Å². The number of amides is 1. The van der Waals surface area contributed by atoms with Gasteiger partial charge < -0.3 is 0 Å². The molecular weight excluding hydrogens is 389 g/mol. The van der Waals surface area contributed by atoms with E-state index in [1.807, 2.05) is 24.3 Å². The SMILES string of the molecule is CCCC[C@@]12CC([Se]c3ccccc3)C(=O)N1[C@@H](c1ccccc1)CO2. The predicted octanol–water partition coefficient (Wildman–Crippen LogP) is 3.69. The van der Waals surface area contributed by atoms with Gasteiger partial charge in [0.2, 0.25) is 0 Å². The van der Waals surface area contributed by atoms with Gasteiger partial charge >= 0.3 is 162 Å². The predicted molar refractivity (Wildman–Crippen MR) is 104 cm³/mol. The number of nitrogens with zero attached hydrogens (tertiary/aromatic N) is 1. The Morgan fingerprint density at radius 1 is 1.12 bits per heavy atom. The molecule has 3 atom stereocenters. The summed E-state index contributed by atoms with van der Waals surface area (Å²) in [4.78, 5) is 15.6. The van der Waals surface area contributed by atoms with E-state index in [1.54, 1.807) is 0 Å². The number of carbonyl (C=O) groups is 1. The van der Waals surface area contributed by atoms with Crippen molar-refractivity contribution < 1.29 is 9.53 Å². The summed E-state index contributed by atoms with van der Waals surface area (Å²) in [5.41, 5.74) is 0.793. The molecule has 2 heterocycles. The monoisotopic (exact) mass is 415 g/mol. The van der Waals surface area contributed by atoms with Crippen molar-refractivity contribution in [2.24, 2.45) is 0 Å². The van der Waals surface area contributed by atoms with Crippen molar-refractivity contribution in [1.82, 2.24) is 4.90 Å². The van der Waals surface area contributed by atoms with Gasteiger partial charge in [-0.25, -0.2) is 0 Å². The normalized spacial score (nSPS) is 27.7. The third-order valence-electron chi connectivity index (χ3n) is 5.40.